The summed E-state index contributed by atoms with van der Waals surface area (Å²) in [4.78, 5) is 0. The van der Waals surface area contributed by atoms with Gasteiger partial charge in [0.25, 0.3) is 0 Å². The molecule has 1 saturated carbocycles. The van der Waals surface area contributed by atoms with Crippen LogP contribution in [0.15, 0.2) is 42.5 Å². The lowest BCUT2D eigenvalue weighted by molar-refractivity contribution is 0.399. The number of nitrogens with two attached hydrogens (primary N) is 1. The van der Waals surface area contributed by atoms with Crippen LogP contribution < -0.4 is 5.73 Å². The van der Waals surface area contributed by atoms with Crippen LogP contribution in [-0.4, -0.2) is 0 Å². The zero-order valence-corrected chi connectivity index (χ0v) is 16.2. The predicted octanol–water partition coefficient (Wildman–Crippen LogP) is 6.91. The van der Waals surface area contributed by atoms with E-state index in [9.17, 15) is 0 Å². The molecule has 2 aromatic carbocycles. The molecule has 2 aromatic rings. The van der Waals surface area contributed by atoms with Gasteiger partial charge in [-0.2, -0.15) is 0 Å². The summed E-state index contributed by atoms with van der Waals surface area (Å²) in [6, 6.07) is 14.3. The largest absolute Gasteiger partial charge is 0.324 e. The van der Waals surface area contributed by atoms with E-state index in [1.54, 1.807) is 0 Å². The summed E-state index contributed by atoms with van der Waals surface area (Å²) in [5.41, 5.74) is 10.2. The predicted molar refractivity (Wildman–Crippen MR) is 106 cm³/mol. The Hall–Kier alpha value is -1.02. The number of benzene rings is 2. The highest BCUT2D eigenvalue weighted by molar-refractivity contribution is 6.35. The van der Waals surface area contributed by atoms with Crippen molar-refractivity contribution in [1.82, 2.24) is 0 Å². The van der Waals surface area contributed by atoms with Gasteiger partial charge < -0.3 is 5.73 Å². The average molecular weight is 364 g/mol. The number of hydrogen-bond acceptors (Lipinski definition) is 1. The van der Waals surface area contributed by atoms with Crippen molar-refractivity contribution in [3.05, 3.63) is 69.2 Å². The number of aryl methyl sites for hydroxylation is 1. The van der Waals surface area contributed by atoms with Crippen molar-refractivity contribution in [2.75, 3.05) is 0 Å². The summed E-state index contributed by atoms with van der Waals surface area (Å²) in [7, 11) is 0. The van der Waals surface area contributed by atoms with Crippen LogP contribution in [0.25, 0.3) is 0 Å². The van der Waals surface area contributed by atoms with Crippen LogP contribution in [0.1, 0.15) is 61.8 Å². The first-order valence-corrected chi connectivity index (χ1v) is 9.59. The fourth-order valence-electron chi connectivity index (χ4n) is 3.88. The van der Waals surface area contributed by atoms with E-state index in [1.807, 2.05) is 32.0 Å². The quantitative estimate of drug-likeness (QED) is 0.629. The first kappa shape index (κ1) is 19.3. The van der Waals surface area contributed by atoms with Gasteiger partial charge in [0.15, 0.2) is 0 Å². The minimum atomic E-state index is 0.0554. The Morgan fingerprint density at radius 2 is 1.71 bits per heavy atom. The highest BCUT2D eigenvalue weighted by Gasteiger charge is 2.35. The molecule has 24 heavy (non-hydrogen) atoms. The van der Waals surface area contributed by atoms with Gasteiger partial charge in [-0.15, -0.1) is 0 Å². The number of rotatable bonds is 3. The highest BCUT2D eigenvalue weighted by atomic mass is 35.5. The first-order chi connectivity index (χ1) is 11.6. The third-order valence-electron chi connectivity index (χ3n) is 4.89. The van der Waals surface area contributed by atoms with E-state index in [0.29, 0.717) is 16.9 Å². The minimum absolute atomic E-state index is 0.0554. The van der Waals surface area contributed by atoms with Gasteiger partial charge in [-0.25, -0.2) is 0 Å². The van der Waals surface area contributed by atoms with Crippen molar-refractivity contribution >= 4 is 23.2 Å². The molecule has 1 nitrogen and oxygen atoms in total. The fourth-order valence-corrected chi connectivity index (χ4v) is 4.62. The molecule has 3 unspecified atom stereocenters. The smallest absolute Gasteiger partial charge is 0.0458 e. The molecule has 0 heterocycles. The van der Waals surface area contributed by atoms with Crippen molar-refractivity contribution in [3.8, 4) is 0 Å². The lowest BCUT2D eigenvalue weighted by atomic mass is 9.80. The summed E-state index contributed by atoms with van der Waals surface area (Å²) < 4.78 is 0. The second kappa shape index (κ2) is 8.89. The van der Waals surface area contributed by atoms with Crippen LogP contribution in [0.3, 0.4) is 0 Å². The van der Waals surface area contributed by atoms with E-state index in [2.05, 4.69) is 31.2 Å². The van der Waals surface area contributed by atoms with Crippen molar-refractivity contribution in [3.63, 3.8) is 0 Å². The molecule has 0 spiro atoms. The van der Waals surface area contributed by atoms with Gasteiger partial charge in [0.05, 0.1) is 0 Å². The number of halogens is 2. The Kier molecular flexibility index (Phi) is 7.16. The van der Waals surface area contributed by atoms with E-state index >= 15 is 0 Å². The van der Waals surface area contributed by atoms with Crippen molar-refractivity contribution in [2.24, 2.45) is 11.7 Å². The fraction of sp³-hybridized carbons (Fsp3) is 0.429. The maximum Gasteiger partial charge on any atom is 0.0458 e. The van der Waals surface area contributed by atoms with Crippen LogP contribution in [0.2, 0.25) is 10.0 Å². The van der Waals surface area contributed by atoms with Crippen LogP contribution >= 0.6 is 23.2 Å². The molecule has 0 radical (unpaired) electrons. The van der Waals surface area contributed by atoms with Gasteiger partial charge in [-0.05, 0) is 60.4 Å². The topological polar surface area (TPSA) is 26.0 Å². The maximum absolute atomic E-state index is 6.59. The normalized spacial score (nSPS) is 21.1. The second-order valence-corrected chi connectivity index (χ2v) is 7.10. The third kappa shape index (κ3) is 4.14. The lowest BCUT2D eigenvalue weighted by Crippen LogP contribution is -2.24. The van der Waals surface area contributed by atoms with Gasteiger partial charge in [-0.3, -0.25) is 0 Å². The van der Waals surface area contributed by atoms with E-state index in [4.69, 9.17) is 28.9 Å². The summed E-state index contributed by atoms with van der Waals surface area (Å²) in [5, 5.41) is 1.48. The van der Waals surface area contributed by atoms with E-state index in [-0.39, 0.29) is 6.04 Å². The van der Waals surface area contributed by atoms with Crippen LogP contribution in [0.4, 0.5) is 0 Å². The zero-order valence-electron chi connectivity index (χ0n) is 14.7. The van der Waals surface area contributed by atoms with Crippen molar-refractivity contribution in [1.29, 1.82) is 0 Å². The molecular weight excluding hydrogens is 337 g/mol. The van der Waals surface area contributed by atoms with Crippen molar-refractivity contribution in [2.45, 2.75) is 52.0 Å². The van der Waals surface area contributed by atoms with Crippen molar-refractivity contribution < 1.29 is 0 Å². The lowest BCUT2D eigenvalue weighted by Gasteiger charge is -2.28. The molecule has 1 fully saturated rings. The Morgan fingerprint density at radius 1 is 1.04 bits per heavy atom. The molecule has 0 bridgehead atoms. The standard InChI is InChI=1S/C19H21Cl2N.C2H6/c1-12-10-14(20)11-17(21)18(12)15-8-5-9-16(15)19(22)13-6-3-2-4-7-13;1-2/h2-4,6-7,10-11,15-16,19H,5,8-9,22H2,1H3;1-2H3. The van der Waals surface area contributed by atoms with Crippen LogP contribution in [0, 0.1) is 12.8 Å². The van der Waals surface area contributed by atoms with Gasteiger partial charge >= 0.3 is 0 Å². The van der Waals surface area contributed by atoms with Gasteiger partial charge in [0.2, 0.25) is 0 Å². The Morgan fingerprint density at radius 3 is 2.33 bits per heavy atom. The average Bonchev–Trinajstić information content (AvgIpc) is 3.05. The molecule has 0 aliphatic heterocycles. The van der Waals surface area contributed by atoms with Crippen LogP contribution in [0.5, 0.6) is 0 Å². The summed E-state index contributed by atoms with van der Waals surface area (Å²) in [5.74, 6) is 0.847. The molecule has 0 saturated heterocycles. The van der Waals surface area contributed by atoms with Gasteiger partial charge in [-0.1, -0.05) is 73.8 Å². The molecule has 130 valence electrons. The van der Waals surface area contributed by atoms with E-state index in [1.165, 1.54) is 23.1 Å². The molecule has 0 amide bonds. The second-order valence-electron chi connectivity index (χ2n) is 6.26. The maximum atomic E-state index is 6.59. The summed E-state index contributed by atoms with van der Waals surface area (Å²) in [6.07, 6.45) is 3.50. The van der Waals surface area contributed by atoms with Crippen LogP contribution in [-0.2, 0) is 0 Å². The van der Waals surface area contributed by atoms with E-state index < -0.39 is 0 Å². The molecule has 0 aromatic heterocycles. The Balaban J connectivity index is 0.00000100. The van der Waals surface area contributed by atoms with Gasteiger partial charge in [0.1, 0.15) is 0 Å². The molecule has 3 atom stereocenters. The molecule has 3 rings (SSSR count). The summed E-state index contributed by atoms with van der Waals surface area (Å²) in [6.45, 7) is 6.09. The zero-order chi connectivity index (χ0) is 17.7. The SMILES string of the molecule is CC.Cc1cc(Cl)cc(Cl)c1C1CCCC1C(N)c1ccccc1. The molecular formula is C21H27Cl2N. The molecule has 1 aliphatic rings. The Labute approximate surface area is 156 Å². The van der Waals surface area contributed by atoms with Gasteiger partial charge in [0, 0.05) is 16.1 Å². The third-order valence-corrected chi connectivity index (χ3v) is 5.42. The molecule has 2 N–H and O–H groups in total. The highest BCUT2D eigenvalue weighted by Crippen LogP contribution is 2.48. The summed E-state index contributed by atoms with van der Waals surface area (Å²) >= 11 is 12.6. The van der Waals surface area contributed by atoms with E-state index in [0.717, 1.165) is 17.9 Å². The number of hydrogen-bond donors (Lipinski definition) is 1. The molecule has 3 heteroatoms. The monoisotopic (exact) mass is 363 g/mol. The molecule has 1 aliphatic carbocycles. The first-order valence-electron chi connectivity index (χ1n) is 8.84. The Bertz CT molecular complexity index is 631. The minimum Gasteiger partial charge on any atom is -0.324 e.